The van der Waals surface area contributed by atoms with Crippen molar-refractivity contribution in [3.8, 4) is 28.4 Å². The molecular weight excluding hydrogens is 559 g/mol. The maximum atomic E-state index is 14.8. The fourth-order valence-electron chi connectivity index (χ4n) is 4.20. The number of ether oxygens (including phenoxy) is 3. The molecule has 0 radical (unpaired) electrons. The lowest BCUT2D eigenvalue weighted by molar-refractivity contribution is -0.129. The van der Waals surface area contributed by atoms with Crippen LogP contribution in [0.5, 0.6) is 17.2 Å². The second-order valence-electron chi connectivity index (χ2n) is 8.39. The molecule has 0 aromatic heterocycles. The molecule has 4 aromatic carbocycles. The van der Waals surface area contributed by atoms with Crippen LogP contribution in [0.3, 0.4) is 0 Å². The highest BCUT2D eigenvalue weighted by Gasteiger charge is 2.41. The predicted octanol–water partition coefficient (Wildman–Crippen LogP) is 7.35. The Morgan fingerprint density at radius 2 is 0.900 bits per heavy atom. The first-order chi connectivity index (χ1) is 19.0. The number of phenols is 1. The topological polar surface area (TPSA) is 47.9 Å². The van der Waals surface area contributed by atoms with Gasteiger partial charge in [0.05, 0.1) is 24.3 Å². The van der Waals surface area contributed by atoms with Crippen LogP contribution in [-0.4, -0.2) is 18.3 Å². The molecular formula is C27H13F9O4. The van der Waals surface area contributed by atoms with E-state index in [0.717, 1.165) is 12.1 Å². The van der Waals surface area contributed by atoms with Gasteiger partial charge >= 0.3 is 0 Å². The van der Waals surface area contributed by atoms with Crippen molar-refractivity contribution < 1.29 is 58.8 Å². The van der Waals surface area contributed by atoms with E-state index in [0.29, 0.717) is 11.1 Å². The molecule has 40 heavy (non-hydrogen) atoms. The number of hydrogen-bond donors (Lipinski definition) is 1. The predicted molar refractivity (Wildman–Crippen MR) is 119 cm³/mol. The highest BCUT2D eigenvalue weighted by Crippen LogP contribution is 2.42. The van der Waals surface area contributed by atoms with Crippen molar-refractivity contribution in [1.82, 2.24) is 0 Å². The van der Waals surface area contributed by atoms with Gasteiger partial charge in [0.1, 0.15) is 11.5 Å². The molecule has 1 heterocycles. The van der Waals surface area contributed by atoms with Gasteiger partial charge in [-0.05, 0) is 48.5 Å². The van der Waals surface area contributed by atoms with Crippen LogP contribution in [0.4, 0.5) is 39.5 Å². The first-order valence-electron chi connectivity index (χ1n) is 11.2. The summed E-state index contributed by atoms with van der Waals surface area (Å²) in [6.45, 7) is 0.396. The van der Waals surface area contributed by atoms with Crippen molar-refractivity contribution in [2.24, 2.45) is 0 Å². The van der Waals surface area contributed by atoms with Crippen molar-refractivity contribution >= 4 is 0 Å². The molecule has 0 unspecified atom stereocenters. The van der Waals surface area contributed by atoms with Crippen LogP contribution in [0.15, 0.2) is 48.5 Å². The molecule has 0 amide bonds. The molecule has 0 atom stereocenters. The Balaban J connectivity index is 1.53. The van der Waals surface area contributed by atoms with Crippen molar-refractivity contribution in [2.75, 3.05) is 13.2 Å². The van der Waals surface area contributed by atoms with E-state index < -0.39 is 75.0 Å². The average Bonchev–Trinajstić information content (AvgIpc) is 3.46. The maximum Gasteiger partial charge on any atom is 0.222 e. The third-order valence-electron chi connectivity index (χ3n) is 6.08. The molecule has 0 aliphatic carbocycles. The first-order valence-corrected chi connectivity index (χ1v) is 11.2. The van der Waals surface area contributed by atoms with Crippen LogP contribution < -0.4 is 4.74 Å². The summed E-state index contributed by atoms with van der Waals surface area (Å²) in [5, 5.41) is 9.56. The van der Waals surface area contributed by atoms with E-state index in [1.807, 2.05) is 0 Å². The number of phenolic OH excluding ortho intramolecular Hbond substituents is 1. The van der Waals surface area contributed by atoms with E-state index in [1.54, 1.807) is 0 Å². The fraction of sp³-hybridized carbons (Fsp3) is 0.111. The minimum atomic E-state index is -2.66. The van der Waals surface area contributed by atoms with Crippen molar-refractivity contribution in [2.45, 2.75) is 5.79 Å². The van der Waals surface area contributed by atoms with Gasteiger partial charge < -0.3 is 19.3 Å². The summed E-state index contributed by atoms with van der Waals surface area (Å²) < 4.78 is 144. The van der Waals surface area contributed by atoms with E-state index in [-0.39, 0.29) is 24.7 Å². The molecule has 4 nitrogen and oxygen atoms in total. The molecule has 1 aliphatic rings. The van der Waals surface area contributed by atoms with Gasteiger partial charge in [-0.3, -0.25) is 0 Å². The van der Waals surface area contributed by atoms with E-state index in [2.05, 4.69) is 0 Å². The molecule has 5 rings (SSSR count). The summed E-state index contributed by atoms with van der Waals surface area (Å²) in [6.07, 6.45) is 0. The van der Waals surface area contributed by atoms with Gasteiger partial charge in [0.15, 0.2) is 34.9 Å². The minimum Gasteiger partial charge on any atom is -0.508 e. The van der Waals surface area contributed by atoms with Crippen molar-refractivity contribution in [3.05, 3.63) is 112 Å². The SMILES string of the molecule is Oc1ccc(C2(c3ccc(Oc4c(F)c(F)c(-c5c(F)c(F)c(F)c(F)c5F)c(F)c4F)cc3)OCCO2)cc1. The highest BCUT2D eigenvalue weighted by atomic mass is 19.2. The van der Waals surface area contributed by atoms with Gasteiger partial charge in [0.2, 0.25) is 29.0 Å². The Kier molecular flexibility index (Phi) is 6.88. The van der Waals surface area contributed by atoms with Gasteiger partial charge in [-0.15, -0.1) is 0 Å². The summed E-state index contributed by atoms with van der Waals surface area (Å²) in [7, 11) is 0. The zero-order chi connectivity index (χ0) is 28.9. The van der Waals surface area contributed by atoms with Gasteiger partial charge in [-0.1, -0.05) is 0 Å². The van der Waals surface area contributed by atoms with Gasteiger partial charge in [0, 0.05) is 11.1 Å². The molecule has 0 saturated carbocycles. The van der Waals surface area contributed by atoms with Crippen LogP contribution in [0, 0.1) is 52.4 Å². The molecule has 1 N–H and O–H groups in total. The molecule has 0 spiro atoms. The third kappa shape index (κ3) is 4.21. The van der Waals surface area contributed by atoms with E-state index in [9.17, 15) is 44.6 Å². The quantitative estimate of drug-likeness (QED) is 0.154. The normalized spacial score (nSPS) is 14.5. The Morgan fingerprint density at radius 1 is 0.525 bits per heavy atom. The van der Waals surface area contributed by atoms with Gasteiger partial charge in [-0.25, -0.2) is 30.7 Å². The number of benzene rings is 4. The summed E-state index contributed by atoms with van der Waals surface area (Å²) in [5.74, 6) is -26.2. The average molecular weight is 572 g/mol. The van der Waals surface area contributed by atoms with Crippen molar-refractivity contribution in [3.63, 3.8) is 0 Å². The molecule has 1 saturated heterocycles. The molecule has 4 aromatic rings. The Hall–Kier alpha value is -4.23. The Labute approximate surface area is 218 Å². The Morgan fingerprint density at radius 3 is 1.35 bits per heavy atom. The van der Waals surface area contributed by atoms with Gasteiger partial charge in [0.25, 0.3) is 0 Å². The second-order valence-corrected chi connectivity index (χ2v) is 8.39. The van der Waals surface area contributed by atoms with Crippen LogP contribution in [0.1, 0.15) is 11.1 Å². The molecule has 208 valence electrons. The summed E-state index contributed by atoms with van der Waals surface area (Å²) in [5.41, 5.74) is -3.50. The van der Waals surface area contributed by atoms with Crippen LogP contribution in [0.2, 0.25) is 0 Å². The van der Waals surface area contributed by atoms with Gasteiger partial charge in [-0.2, -0.15) is 8.78 Å². The first kappa shape index (κ1) is 27.3. The lowest BCUT2D eigenvalue weighted by Crippen LogP contribution is -2.28. The fourth-order valence-corrected chi connectivity index (χ4v) is 4.20. The minimum absolute atomic E-state index is 0.0182. The zero-order valence-corrected chi connectivity index (χ0v) is 19.6. The molecule has 13 heteroatoms. The maximum absolute atomic E-state index is 14.8. The van der Waals surface area contributed by atoms with Crippen LogP contribution >= 0.6 is 0 Å². The summed E-state index contributed by atoms with van der Waals surface area (Å²) in [6, 6.07) is 10.8. The number of halogens is 9. The molecule has 0 bridgehead atoms. The van der Waals surface area contributed by atoms with E-state index >= 15 is 0 Å². The summed E-state index contributed by atoms with van der Waals surface area (Å²) >= 11 is 0. The largest absolute Gasteiger partial charge is 0.508 e. The lowest BCUT2D eigenvalue weighted by atomic mass is 9.97. The van der Waals surface area contributed by atoms with E-state index in [1.165, 1.54) is 36.4 Å². The van der Waals surface area contributed by atoms with E-state index in [4.69, 9.17) is 14.2 Å². The third-order valence-corrected chi connectivity index (χ3v) is 6.08. The van der Waals surface area contributed by atoms with Crippen molar-refractivity contribution in [1.29, 1.82) is 0 Å². The molecule has 1 fully saturated rings. The monoisotopic (exact) mass is 572 g/mol. The molecule has 1 aliphatic heterocycles. The highest BCUT2D eigenvalue weighted by molar-refractivity contribution is 5.68. The van der Waals surface area contributed by atoms with Crippen LogP contribution in [-0.2, 0) is 15.3 Å². The second kappa shape index (κ2) is 10.1. The van der Waals surface area contributed by atoms with Crippen LogP contribution in [0.25, 0.3) is 11.1 Å². The number of rotatable bonds is 5. The zero-order valence-electron chi connectivity index (χ0n) is 19.6. The summed E-state index contributed by atoms with van der Waals surface area (Å²) in [4.78, 5) is 0. The smallest absolute Gasteiger partial charge is 0.222 e. The lowest BCUT2D eigenvalue weighted by Gasteiger charge is -2.28. The number of hydrogen-bond acceptors (Lipinski definition) is 4. The Bertz CT molecular complexity index is 1560. The standard InChI is InChI=1S/C27H13F9O4/c28-17-15(18(29)22(33)23(34)21(17)32)16-19(30)24(35)26(25(36)20(16)31)40-14-7-3-12(4-8-14)27(38-9-10-39-27)11-1-5-13(37)6-2-11/h1-8,37H,9-10H2. The number of aromatic hydroxyl groups is 1.